The van der Waals surface area contributed by atoms with Crippen LogP contribution in [0.25, 0.3) is 0 Å². The predicted octanol–water partition coefficient (Wildman–Crippen LogP) is 0.966. The zero-order valence-electron chi connectivity index (χ0n) is 11.0. The molecule has 0 aliphatic carbocycles. The fraction of sp³-hybridized carbons (Fsp3) is 0.923. The molecular formula is C13H24N2O2. The minimum absolute atomic E-state index is 0.0554. The summed E-state index contributed by atoms with van der Waals surface area (Å²) in [5.74, 6) is 0.800. The van der Waals surface area contributed by atoms with Crippen LogP contribution in [0, 0.1) is 5.92 Å². The second-order valence-corrected chi connectivity index (χ2v) is 5.26. The molecule has 2 unspecified atom stereocenters. The van der Waals surface area contributed by atoms with Crippen molar-refractivity contribution in [1.29, 1.82) is 0 Å². The summed E-state index contributed by atoms with van der Waals surface area (Å²) in [6, 6.07) is 0.670. The van der Waals surface area contributed by atoms with Crippen LogP contribution in [0.3, 0.4) is 0 Å². The summed E-state index contributed by atoms with van der Waals surface area (Å²) < 4.78 is 4.98. The molecular weight excluding hydrogens is 216 g/mol. The number of esters is 1. The van der Waals surface area contributed by atoms with E-state index in [1.54, 1.807) is 0 Å². The first-order valence-corrected chi connectivity index (χ1v) is 6.79. The van der Waals surface area contributed by atoms with Gasteiger partial charge in [-0.1, -0.05) is 0 Å². The second-order valence-electron chi connectivity index (χ2n) is 5.26. The van der Waals surface area contributed by atoms with E-state index in [1.165, 1.54) is 19.4 Å². The van der Waals surface area contributed by atoms with Gasteiger partial charge in [0.2, 0.25) is 0 Å². The molecule has 0 spiro atoms. The van der Waals surface area contributed by atoms with Gasteiger partial charge in [-0.2, -0.15) is 0 Å². The molecule has 0 radical (unpaired) electrons. The van der Waals surface area contributed by atoms with Crippen molar-refractivity contribution in [2.75, 3.05) is 39.8 Å². The molecule has 2 aliphatic heterocycles. The van der Waals surface area contributed by atoms with E-state index in [9.17, 15) is 4.79 Å². The van der Waals surface area contributed by atoms with Gasteiger partial charge in [0, 0.05) is 19.1 Å². The number of nitrogens with zero attached hydrogens (tertiary/aromatic N) is 2. The van der Waals surface area contributed by atoms with Crippen molar-refractivity contribution >= 4 is 5.97 Å². The molecule has 2 heterocycles. The van der Waals surface area contributed by atoms with Gasteiger partial charge in [-0.3, -0.25) is 9.69 Å². The first-order valence-electron chi connectivity index (χ1n) is 6.79. The topological polar surface area (TPSA) is 32.8 Å². The van der Waals surface area contributed by atoms with Crippen LogP contribution in [-0.2, 0) is 9.53 Å². The maximum Gasteiger partial charge on any atom is 0.307 e. The van der Waals surface area contributed by atoms with Crippen LogP contribution in [-0.4, -0.2) is 61.6 Å². The Labute approximate surface area is 104 Å². The maximum absolute atomic E-state index is 11.4. The molecule has 2 saturated heterocycles. The lowest BCUT2D eigenvalue weighted by molar-refractivity contribution is -0.143. The van der Waals surface area contributed by atoms with Crippen molar-refractivity contribution in [1.82, 2.24) is 9.80 Å². The van der Waals surface area contributed by atoms with Gasteiger partial charge in [0.25, 0.3) is 0 Å². The number of carbonyl (C=O) groups excluding carboxylic acids is 1. The number of fused-ring (bicyclic) bond motifs is 1. The van der Waals surface area contributed by atoms with Crippen LogP contribution in [0.15, 0.2) is 0 Å². The number of rotatable bonds is 4. The van der Waals surface area contributed by atoms with E-state index in [0.717, 1.165) is 25.6 Å². The second kappa shape index (κ2) is 5.83. The van der Waals surface area contributed by atoms with E-state index in [4.69, 9.17) is 4.74 Å². The van der Waals surface area contributed by atoms with Gasteiger partial charge >= 0.3 is 5.97 Å². The molecule has 0 aromatic heterocycles. The Bertz CT molecular complexity index is 270. The number of ether oxygens (including phenoxy) is 1. The van der Waals surface area contributed by atoms with Gasteiger partial charge in [-0.05, 0) is 45.8 Å². The molecule has 0 saturated carbocycles. The third-order valence-corrected chi connectivity index (χ3v) is 4.09. The van der Waals surface area contributed by atoms with Crippen LogP contribution in [0.5, 0.6) is 0 Å². The smallest absolute Gasteiger partial charge is 0.307 e. The summed E-state index contributed by atoms with van der Waals surface area (Å²) >= 11 is 0. The molecule has 0 aromatic carbocycles. The van der Waals surface area contributed by atoms with E-state index in [0.29, 0.717) is 19.1 Å². The van der Waals surface area contributed by atoms with Crippen molar-refractivity contribution in [3.63, 3.8) is 0 Å². The number of hydrogen-bond acceptors (Lipinski definition) is 4. The number of piperidine rings is 1. The SMILES string of the molecule is CCOC(=O)CCN1CCC2CCN(C)CC21. The Morgan fingerprint density at radius 3 is 2.88 bits per heavy atom. The van der Waals surface area contributed by atoms with Crippen molar-refractivity contribution in [2.45, 2.75) is 32.2 Å². The number of likely N-dealkylation sites (tertiary alicyclic amines) is 2. The van der Waals surface area contributed by atoms with Crippen molar-refractivity contribution in [3.05, 3.63) is 0 Å². The Balaban J connectivity index is 1.79. The molecule has 17 heavy (non-hydrogen) atoms. The number of likely N-dealkylation sites (N-methyl/N-ethyl adjacent to an activating group) is 1. The van der Waals surface area contributed by atoms with Gasteiger partial charge in [0.15, 0.2) is 0 Å². The lowest BCUT2D eigenvalue weighted by Crippen LogP contribution is -2.47. The Morgan fingerprint density at radius 2 is 2.12 bits per heavy atom. The molecule has 2 aliphatic rings. The maximum atomic E-state index is 11.4. The molecule has 2 fully saturated rings. The van der Waals surface area contributed by atoms with Crippen molar-refractivity contribution in [2.24, 2.45) is 5.92 Å². The average Bonchev–Trinajstić information content (AvgIpc) is 2.69. The minimum Gasteiger partial charge on any atom is -0.466 e. The summed E-state index contributed by atoms with van der Waals surface area (Å²) in [4.78, 5) is 16.3. The lowest BCUT2D eigenvalue weighted by Gasteiger charge is -2.36. The van der Waals surface area contributed by atoms with Crippen LogP contribution in [0.4, 0.5) is 0 Å². The number of hydrogen-bond donors (Lipinski definition) is 0. The molecule has 4 nitrogen and oxygen atoms in total. The van der Waals surface area contributed by atoms with E-state index in [2.05, 4.69) is 16.8 Å². The number of carbonyl (C=O) groups is 1. The third kappa shape index (κ3) is 3.19. The monoisotopic (exact) mass is 240 g/mol. The summed E-state index contributed by atoms with van der Waals surface area (Å²) in [6.45, 7) is 6.77. The van der Waals surface area contributed by atoms with Gasteiger partial charge in [0.1, 0.15) is 0 Å². The zero-order valence-corrected chi connectivity index (χ0v) is 11.0. The molecule has 2 rings (SSSR count). The summed E-state index contributed by atoms with van der Waals surface area (Å²) in [7, 11) is 2.19. The summed E-state index contributed by atoms with van der Waals surface area (Å²) in [5, 5.41) is 0. The Kier molecular flexibility index (Phi) is 4.40. The predicted molar refractivity (Wildman–Crippen MR) is 66.8 cm³/mol. The average molecular weight is 240 g/mol. The first-order chi connectivity index (χ1) is 8.20. The van der Waals surface area contributed by atoms with E-state index in [-0.39, 0.29) is 5.97 Å². The quantitative estimate of drug-likeness (QED) is 0.685. The zero-order chi connectivity index (χ0) is 12.3. The standard InChI is InChI=1S/C13H24N2O2/c1-3-17-13(16)6-9-15-8-5-11-4-7-14(2)10-12(11)15/h11-12H,3-10H2,1-2H3. The van der Waals surface area contributed by atoms with E-state index < -0.39 is 0 Å². The van der Waals surface area contributed by atoms with E-state index in [1.807, 2.05) is 6.92 Å². The molecule has 4 heteroatoms. The highest BCUT2D eigenvalue weighted by Crippen LogP contribution is 2.31. The van der Waals surface area contributed by atoms with Crippen molar-refractivity contribution in [3.8, 4) is 0 Å². The van der Waals surface area contributed by atoms with Gasteiger partial charge < -0.3 is 9.64 Å². The third-order valence-electron chi connectivity index (χ3n) is 4.09. The largest absolute Gasteiger partial charge is 0.466 e. The lowest BCUT2D eigenvalue weighted by atomic mass is 9.92. The minimum atomic E-state index is -0.0554. The Morgan fingerprint density at radius 1 is 1.35 bits per heavy atom. The van der Waals surface area contributed by atoms with Crippen LogP contribution < -0.4 is 0 Å². The summed E-state index contributed by atoms with van der Waals surface area (Å²) in [5.41, 5.74) is 0. The van der Waals surface area contributed by atoms with Gasteiger partial charge in [0.05, 0.1) is 13.0 Å². The molecule has 2 atom stereocenters. The van der Waals surface area contributed by atoms with Gasteiger partial charge in [-0.25, -0.2) is 0 Å². The highest BCUT2D eigenvalue weighted by atomic mass is 16.5. The van der Waals surface area contributed by atoms with E-state index >= 15 is 0 Å². The highest BCUT2D eigenvalue weighted by Gasteiger charge is 2.37. The molecule has 0 N–H and O–H groups in total. The van der Waals surface area contributed by atoms with Crippen LogP contribution >= 0.6 is 0 Å². The fourth-order valence-corrected chi connectivity index (χ4v) is 3.13. The molecule has 98 valence electrons. The van der Waals surface area contributed by atoms with Gasteiger partial charge in [-0.15, -0.1) is 0 Å². The summed E-state index contributed by atoms with van der Waals surface area (Å²) in [6.07, 6.45) is 3.17. The van der Waals surface area contributed by atoms with Crippen LogP contribution in [0.2, 0.25) is 0 Å². The fourth-order valence-electron chi connectivity index (χ4n) is 3.13. The van der Waals surface area contributed by atoms with Crippen molar-refractivity contribution < 1.29 is 9.53 Å². The molecule has 0 bridgehead atoms. The highest BCUT2D eigenvalue weighted by molar-refractivity contribution is 5.69. The Hall–Kier alpha value is -0.610. The van der Waals surface area contributed by atoms with Crippen LogP contribution in [0.1, 0.15) is 26.2 Å². The molecule has 0 aromatic rings. The first kappa shape index (κ1) is 12.8. The molecule has 0 amide bonds. The normalized spacial score (nSPS) is 30.2.